The Morgan fingerprint density at radius 2 is 1.89 bits per heavy atom. The van der Waals surface area contributed by atoms with Crippen LogP contribution in [0.4, 0.5) is 5.82 Å². The standard InChI is InChI=1S/C25H33N7O2S/c1-15(25(2,3)4)27-20-13-19(29-21(30-20)18-14-26-32-11-12-35-24(18)32)23(34)31-9-7-17(8-10-31)28-22(33)16-5-6-16/h11-17H,5-10H2,1-4H3,(H,28,33)(H,27,29,30)/t15-/m0/s1. The number of thiazole rings is 1. The number of anilines is 1. The molecule has 2 amide bonds. The van der Waals surface area contributed by atoms with Gasteiger partial charge >= 0.3 is 0 Å². The van der Waals surface area contributed by atoms with Crippen LogP contribution < -0.4 is 10.6 Å². The van der Waals surface area contributed by atoms with Gasteiger partial charge in [-0.2, -0.15) is 5.10 Å². The fourth-order valence-corrected chi connectivity index (χ4v) is 4.92. The molecule has 35 heavy (non-hydrogen) atoms. The Morgan fingerprint density at radius 1 is 1.14 bits per heavy atom. The van der Waals surface area contributed by atoms with Crippen LogP contribution in [0.5, 0.6) is 0 Å². The number of carbonyl (C=O) groups is 2. The van der Waals surface area contributed by atoms with Crippen molar-refractivity contribution in [2.75, 3.05) is 18.4 Å². The molecule has 4 heterocycles. The van der Waals surface area contributed by atoms with E-state index in [1.54, 1.807) is 28.1 Å². The van der Waals surface area contributed by atoms with Crippen LogP contribution in [0.25, 0.3) is 16.2 Å². The lowest BCUT2D eigenvalue weighted by Crippen LogP contribution is -2.47. The fraction of sp³-hybridized carbons (Fsp3) is 0.560. The molecule has 3 aromatic rings. The van der Waals surface area contributed by atoms with E-state index in [0.717, 1.165) is 36.1 Å². The zero-order valence-corrected chi connectivity index (χ0v) is 21.6. The average Bonchev–Trinajstić information content (AvgIpc) is 3.44. The molecule has 9 nitrogen and oxygen atoms in total. The van der Waals surface area contributed by atoms with Gasteiger partial charge < -0.3 is 15.5 Å². The van der Waals surface area contributed by atoms with Gasteiger partial charge in [-0.3, -0.25) is 9.59 Å². The predicted molar refractivity (Wildman–Crippen MR) is 136 cm³/mol. The molecule has 2 N–H and O–H groups in total. The molecule has 186 valence electrons. The summed E-state index contributed by atoms with van der Waals surface area (Å²) in [5.41, 5.74) is 1.19. The van der Waals surface area contributed by atoms with Crippen LogP contribution in [0.15, 0.2) is 23.8 Å². The summed E-state index contributed by atoms with van der Waals surface area (Å²) in [7, 11) is 0. The maximum atomic E-state index is 13.5. The van der Waals surface area contributed by atoms with Crippen molar-refractivity contribution in [1.82, 2.24) is 29.8 Å². The van der Waals surface area contributed by atoms with Crippen LogP contribution in [0, 0.1) is 11.3 Å². The summed E-state index contributed by atoms with van der Waals surface area (Å²) < 4.78 is 1.80. The quantitative estimate of drug-likeness (QED) is 0.539. The van der Waals surface area contributed by atoms with Crippen molar-refractivity contribution in [1.29, 1.82) is 0 Å². The summed E-state index contributed by atoms with van der Waals surface area (Å²) in [6.45, 7) is 9.80. The molecule has 0 aromatic carbocycles. The number of hydrogen-bond acceptors (Lipinski definition) is 7. The number of amides is 2. The summed E-state index contributed by atoms with van der Waals surface area (Å²) in [5.74, 6) is 1.38. The van der Waals surface area contributed by atoms with Gasteiger partial charge in [-0.15, -0.1) is 11.3 Å². The fourth-order valence-electron chi connectivity index (χ4n) is 4.12. The molecular formula is C25H33N7O2S. The Morgan fingerprint density at radius 3 is 2.57 bits per heavy atom. The molecule has 2 fully saturated rings. The van der Waals surface area contributed by atoms with Crippen molar-refractivity contribution in [3.63, 3.8) is 0 Å². The lowest BCUT2D eigenvalue weighted by Gasteiger charge is -2.32. The molecule has 1 saturated carbocycles. The van der Waals surface area contributed by atoms with E-state index in [9.17, 15) is 9.59 Å². The van der Waals surface area contributed by atoms with Gasteiger partial charge in [-0.05, 0) is 38.0 Å². The van der Waals surface area contributed by atoms with E-state index in [4.69, 9.17) is 9.97 Å². The third kappa shape index (κ3) is 5.17. The second kappa shape index (κ2) is 9.22. The van der Waals surface area contributed by atoms with Gasteiger partial charge in [0.15, 0.2) is 5.82 Å². The lowest BCUT2D eigenvalue weighted by atomic mass is 9.88. The molecular weight excluding hydrogens is 462 g/mol. The first kappa shape index (κ1) is 23.7. The second-order valence-corrected chi connectivity index (χ2v) is 11.6. The normalized spacial score (nSPS) is 18.0. The summed E-state index contributed by atoms with van der Waals surface area (Å²) in [6, 6.07) is 2.02. The first-order valence-electron chi connectivity index (χ1n) is 12.4. The Hall–Kier alpha value is -3.01. The van der Waals surface area contributed by atoms with Gasteiger partial charge in [0.25, 0.3) is 5.91 Å². The van der Waals surface area contributed by atoms with Crippen molar-refractivity contribution in [3.05, 3.63) is 29.5 Å². The molecule has 1 aliphatic carbocycles. The van der Waals surface area contributed by atoms with E-state index in [2.05, 4.69) is 43.4 Å². The van der Waals surface area contributed by atoms with Crippen molar-refractivity contribution in [3.8, 4) is 11.4 Å². The first-order valence-corrected chi connectivity index (χ1v) is 13.2. The van der Waals surface area contributed by atoms with Crippen LogP contribution in [0.2, 0.25) is 0 Å². The minimum Gasteiger partial charge on any atom is -0.367 e. The molecule has 1 aliphatic heterocycles. The van der Waals surface area contributed by atoms with Gasteiger partial charge in [0.2, 0.25) is 5.91 Å². The summed E-state index contributed by atoms with van der Waals surface area (Å²) in [4.78, 5) is 37.9. The molecule has 3 aromatic heterocycles. The van der Waals surface area contributed by atoms with Crippen LogP contribution in [0.1, 0.15) is 63.9 Å². The Kier molecular flexibility index (Phi) is 6.25. The summed E-state index contributed by atoms with van der Waals surface area (Å²) in [6.07, 6.45) is 7.16. The number of fused-ring (bicyclic) bond motifs is 1. The number of hydrogen-bond donors (Lipinski definition) is 2. The number of nitrogens with one attached hydrogen (secondary N) is 2. The number of aromatic nitrogens is 4. The van der Waals surface area contributed by atoms with Gasteiger partial charge in [0.1, 0.15) is 16.3 Å². The zero-order chi connectivity index (χ0) is 24.7. The Balaban J connectivity index is 1.38. The molecule has 0 spiro atoms. The van der Waals surface area contributed by atoms with E-state index >= 15 is 0 Å². The first-order chi connectivity index (χ1) is 16.7. The van der Waals surface area contributed by atoms with Gasteiger partial charge in [-0.1, -0.05) is 20.8 Å². The highest BCUT2D eigenvalue weighted by molar-refractivity contribution is 7.16. The van der Waals surface area contributed by atoms with Crippen molar-refractivity contribution in [2.45, 2.75) is 65.5 Å². The number of nitrogens with zero attached hydrogens (tertiary/aromatic N) is 5. The molecule has 1 saturated heterocycles. The van der Waals surface area contributed by atoms with E-state index in [1.807, 2.05) is 16.5 Å². The Labute approximate surface area is 209 Å². The Bertz CT molecular complexity index is 1230. The topological polar surface area (TPSA) is 105 Å². The van der Waals surface area contributed by atoms with Crippen LogP contribution >= 0.6 is 11.3 Å². The highest BCUT2D eigenvalue weighted by atomic mass is 32.1. The van der Waals surface area contributed by atoms with E-state index < -0.39 is 0 Å². The van der Waals surface area contributed by atoms with Crippen molar-refractivity contribution >= 4 is 33.8 Å². The van der Waals surface area contributed by atoms with E-state index in [1.165, 1.54) is 0 Å². The lowest BCUT2D eigenvalue weighted by molar-refractivity contribution is -0.123. The maximum absolute atomic E-state index is 13.5. The average molecular weight is 496 g/mol. The second-order valence-electron chi connectivity index (χ2n) is 10.8. The van der Waals surface area contributed by atoms with Gasteiger partial charge in [0.05, 0.1) is 11.8 Å². The minimum atomic E-state index is -0.110. The van der Waals surface area contributed by atoms with Crippen molar-refractivity contribution < 1.29 is 9.59 Å². The smallest absolute Gasteiger partial charge is 0.272 e. The number of rotatable bonds is 6. The molecule has 0 unspecified atom stereocenters. The zero-order valence-electron chi connectivity index (χ0n) is 20.7. The molecule has 0 bridgehead atoms. The summed E-state index contributed by atoms with van der Waals surface area (Å²) in [5, 5.41) is 13.0. The third-order valence-electron chi connectivity index (χ3n) is 7.06. The van der Waals surface area contributed by atoms with E-state index in [-0.39, 0.29) is 35.2 Å². The van der Waals surface area contributed by atoms with Gasteiger partial charge in [0, 0.05) is 48.7 Å². The summed E-state index contributed by atoms with van der Waals surface area (Å²) >= 11 is 1.56. The number of carbonyl (C=O) groups excluding carboxylic acids is 2. The molecule has 2 aliphatic rings. The third-order valence-corrected chi connectivity index (χ3v) is 7.95. The van der Waals surface area contributed by atoms with E-state index in [0.29, 0.717) is 30.4 Å². The molecule has 1 atom stereocenters. The van der Waals surface area contributed by atoms with Crippen molar-refractivity contribution in [2.24, 2.45) is 11.3 Å². The maximum Gasteiger partial charge on any atom is 0.272 e. The van der Waals surface area contributed by atoms with Crippen LogP contribution in [0.3, 0.4) is 0 Å². The molecule has 0 radical (unpaired) electrons. The molecule has 10 heteroatoms. The SMILES string of the molecule is C[C@H](Nc1cc(C(=O)N2CCC(NC(=O)C3CC3)CC2)nc(-c2cnn3ccsc23)n1)C(C)(C)C. The van der Waals surface area contributed by atoms with Crippen LogP contribution in [-0.2, 0) is 4.79 Å². The predicted octanol–water partition coefficient (Wildman–Crippen LogP) is 3.83. The monoisotopic (exact) mass is 495 g/mol. The number of piperidine rings is 1. The van der Waals surface area contributed by atoms with Crippen LogP contribution in [-0.4, -0.2) is 61.5 Å². The number of likely N-dealkylation sites (tertiary alicyclic amines) is 1. The highest BCUT2D eigenvalue weighted by Gasteiger charge is 2.33. The minimum absolute atomic E-state index is 0.0147. The largest absolute Gasteiger partial charge is 0.367 e. The highest BCUT2D eigenvalue weighted by Crippen LogP contribution is 2.30. The molecule has 5 rings (SSSR count). The van der Waals surface area contributed by atoms with Gasteiger partial charge in [-0.25, -0.2) is 14.5 Å².